The molecule has 1 saturated heterocycles. The third-order valence-corrected chi connectivity index (χ3v) is 3.69. The molecule has 0 spiro atoms. The first-order chi connectivity index (χ1) is 11.0. The summed E-state index contributed by atoms with van der Waals surface area (Å²) in [5.74, 6) is 0.0287. The van der Waals surface area contributed by atoms with Crippen LogP contribution in [-0.4, -0.2) is 65.2 Å². The Kier molecular flexibility index (Phi) is 4.09. The van der Waals surface area contributed by atoms with E-state index in [9.17, 15) is 15.0 Å². The van der Waals surface area contributed by atoms with Crippen LogP contribution in [0.1, 0.15) is 17.5 Å². The van der Waals surface area contributed by atoms with Crippen LogP contribution in [0.3, 0.4) is 0 Å². The number of anilines is 1. The zero-order valence-electron chi connectivity index (χ0n) is 11.9. The highest BCUT2D eigenvalue weighted by Crippen LogP contribution is 2.28. The SMILES string of the molecule is Nc1nc(=O)n(C2OC(CO)C(O)C2O)cc1Cc1cn[nH]n1. The molecule has 3 rings (SSSR count). The Bertz CT molecular complexity index is 732. The van der Waals surface area contributed by atoms with Gasteiger partial charge in [0.1, 0.15) is 24.1 Å². The molecule has 1 fully saturated rings. The maximum Gasteiger partial charge on any atom is 0.351 e. The zero-order chi connectivity index (χ0) is 16.6. The standard InChI is InChI=1S/C12H16N6O5/c13-10-5(1-6-2-14-17-16-6)3-18(12(22)15-10)11-9(21)8(20)7(4-19)23-11/h2-3,7-9,11,19-21H,1,4H2,(H2,13,15,22)(H,14,16,17). The second kappa shape index (κ2) is 6.04. The van der Waals surface area contributed by atoms with E-state index in [1.807, 2.05) is 0 Å². The normalized spacial score (nSPS) is 27.4. The summed E-state index contributed by atoms with van der Waals surface area (Å²) < 4.78 is 6.37. The number of nitrogens with zero attached hydrogens (tertiary/aromatic N) is 4. The van der Waals surface area contributed by atoms with E-state index < -0.39 is 36.8 Å². The van der Waals surface area contributed by atoms with Crippen molar-refractivity contribution in [3.63, 3.8) is 0 Å². The molecule has 0 radical (unpaired) electrons. The van der Waals surface area contributed by atoms with Crippen LogP contribution < -0.4 is 11.4 Å². The Morgan fingerprint density at radius 3 is 2.78 bits per heavy atom. The van der Waals surface area contributed by atoms with E-state index >= 15 is 0 Å². The molecule has 6 N–H and O–H groups in total. The summed E-state index contributed by atoms with van der Waals surface area (Å²) in [7, 11) is 0. The van der Waals surface area contributed by atoms with Crippen molar-refractivity contribution in [3.8, 4) is 0 Å². The lowest BCUT2D eigenvalue weighted by Gasteiger charge is -2.18. The molecule has 0 amide bonds. The number of aromatic amines is 1. The first-order valence-corrected chi connectivity index (χ1v) is 6.86. The highest BCUT2D eigenvalue weighted by atomic mass is 16.6. The minimum Gasteiger partial charge on any atom is -0.394 e. The third-order valence-electron chi connectivity index (χ3n) is 3.69. The van der Waals surface area contributed by atoms with Gasteiger partial charge in [-0.25, -0.2) is 4.79 Å². The monoisotopic (exact) mass is 324 g/mol. The molecule has 0 aromatic carbocycles. The van der Waals surface area contributed by atoms with Crippen LogP contribution in [0.4, 0.5) is 5.82 Å². The summed E-state index contributed by atoms with van der Waals surface area (Å²) in [6.45, 7) is -0.488. The van der Waals surface area contributed by atoms with Crippen molar-refractivity contribution < 1.29 is 20.1 Å². The first-order valence-electron chi connectivity index (χ1n) is 6.86. The van der Waals surface area contributed by atoms with Crippen molar-refractivity contribution in [2.24, 2.45) is 0 Å². The van der Waals surface area contributed by atoms with Crippen LogP contribution in [0, 0.1) is 0 Å². The minimum absolute atomic E-state index is 0.0287. The molecule has 23 heavy (non-hydrogen) atoms. The van der Waals surface area contributed by atoms with Crippen LogP contribution in [0.25, 0.3) is 0 Å². The van der Waals surface area contributed by atoms with Crippen molar-refractivity contribution in [2.75, 3.05) is 12.3 Å². The zero-order valence-corrected chi connectivity index (χ0v) is 11.9. The molecular weight excluding hydrogens is 308 g/mol. The van der Waals surface area contributed by atoms with Crippen LogP contribution in [-0.2, 0) is 11.2 Å². The van der Waals surface area contributed by atoms with Crippen LogP contribution in [0.2, 0.25) is 0 Å². The largest absolute Gasteiger partial charge is 0.394 e. The predicted octanol–water partition coefficient (Wildman–Crippen LogP) is -2.85. The Labute approximate surface area is 129 Å². The summed E-state index contributed by atoms with van der Waals surface area (Å²) in [5.41, 5.74) is 6.08. The van der Waals surface area contributed by atoms with Crippen molar-refractivity contribution in [1.82, 2.24) is 25.0 Å². The predicted molar refractivity (Wildman–Crippen MR) is 75.1 cm³/mol. The Morgan fingerprint density at radius 2 is 2.17 bits per heavy atom. The fourth-order valence-corrected chi connectivity index (χ4v) is 2.46. The second-order valence-electron chi connectivity index (χ2n) is 5.21. The van der Waals surface area contributed by atoms with Crippen molar-refractivity contribution in [2.45, 2.75) is 31.0 Å². The second-order valence-corrected chi connectivity index (χ2v) is 5.21. The van der Waals surface area contributed by atoms with E-state index in [1.165, 1.54) is 12.4 Å². The van der Waals surface area contributed by atoms with Crippen LogP contribution in [0.15, 0.2) is 17.2 Å². The molecule has 2 aromatic heterocycles. The number of H-pyrrole nitrogens is 1. The summed E-state index contributed by atoms with van der Waals surface area (Å²) in [5, 5.41) is 39.0. The number of nitrogens with two attached hydrogens (primary N) is 1. The quantitative estimate of drug-likeness (QED) is 0.396. The number of nitrogen functional groups attached to an aromatic ring is 1. The number of hydrogen-bond acceptors (Lipinski definition) is 9. The smallest absolute Gasteiger partial charge is 0.351 e. The lowest BCUT2D eigenvalue weighted by atomic mass is 10.1. The van der Waals surface area contributed by atoms with E-state index in [2.05, 4.69) is 20.4 Å². The van der Waals surface area contributed by atoms with Crippen molar-refractivity contribution in [1.29, 1.82) is 0 Å². The van der Waals surface area contributed by atoms with Gasteiger partial charge in [0.2, 0.25) is 0 Å². The average molecular weight is 324 g/mol. The molecule has 3 heterocycles. The van der Waals surface area contributed by atoms with Gasteiger partial charge in [-0.1, -0.05) is 0 Å². The Morgan fingerprint density at radius 1 is 1.39 bits per heavy atom. The number of ether oxygens (including phenoxy) is 1. The number of rotatable bonds is 4. The van der Waals surface area contributed by atoms with E-state index in [0.717, 1.165) is 4.57 Å². The van der Waals surface area contributed by atoms with E-state index in [1.54, 1.807) is 0 Å². The lowest BCUT2D eigenvalue weighted by Crippen LogP contribution is -2.36. The maximum atomic E-state index is 12.0. The minimum atomic E-state index is -1.38. The van der Waals surface area contributed by atoms with Crippen molar-refractivity contribution in [3.05, 3.63) is 34.1 Å². The molecule has 124 valence electrons. The van der Waals surface area contributed by atoms with Crippen LogP contribution in [0.5, 0.6) is 0 Å². The van der Waals surface area contributed by atoms with Gasteiger partial charge >= 0.3 is 5.69 Å². The average Bonchev–Trinajstić information content (AvgIpc) is 3.12. The fraction of sp³-hybridized carbons (Fsp3) is 0.500. The molecule has 11 heteroatoms. The summed E-state index contributed by atoms with van der Waals surface area (Å²) in [4.78, 5) is 15.7. The number of nitrogens with one attached hydrogen (secondary N) is 1. The topological polar surface area (TPSA) is 172 Å². The molecular formula is C12H16N6O5. The van der Waals surface area contributed by atoms with E-state index in [4.69, 9.17) is 15.6 Å². The van der Waals surface area contributed by atoms with Gasteiger partial charge in [0, 0.05) is 18.2 Å². The van der Waals surface area contributed by atoms with Gasteiger partial charge in [0.15, 0.2) is 6.23 Å². The number of aromatic nitrogens is 5. The van der Waals surface area contributed by atoms with Gasteiger partial charge in [0.25, 0.3) is 0 Å². The molecule has 4 unspecified atom stereocenters. The molecule has 2 aromatic rings. The molecule has 0 saturated carbocycles. The van der Waals surface area contributed by atoms with Gasteiger partial charge in [0.05, 0.1) is 18.5 Å². The van der Waals surface area contributed by atoms with E-state index in [-0.39, 0.29) is 12.2 Å². The fourth-order valence-electron chi connectivity index (χ4n) is 2.46. The number of aliphatic hydroxyl groups is 3. The Hall–Kier alpha value is -2.34. The van der Waals surface area contributed by atoms with Gasteiger partial charge in [-0.3, -0.25) is 4.57 Å². The van der Waals surface area contributed by atoms with E-state index in [0.29, 0.717) is 11.3 Å². The molecule has 0 aliphatic carbocycles. The van der Waals surface area contributed by atoms with Crippen LogP contribution >= 0.6 is 0 Å². The summed E-state index contributed by atoms with van der Waals surface area (Å²) >= 11 is 0. The molecule has 11 nitrogen and oxygen atoms in total. The highest BCUT2D eigenvalue weighted by Gasteiger charge is 2.43. The molecule has 0 bridgehead atoms. The third kappa shape index (κ3) is 2.82. The molecule has 4 atom stereocenters. The van der Waals surface area contributed by atoms with Gasteiger partial charge in [-0.2, -0.15) is 20.4 Å². The van der Waals surface area contributed by atoms with Gasteiger partial charge < -0.3 is 25.8 Å². The number of hydrogen-bond donors (Lipinski definition) is 5. The molecule has 1 aliphatic heterocycles. The molecule has 1 aliphatic rings. The Balaban J connectivity index is 1.95. The highest BCUT2D eigenvalue weighted by molar-refractivity contribution is 5.39. The van der Waals surface area contributed by atoms with Gasteiger partial charge in [-0.15, -0.1) is 0 Å². The summed E-state index contributed by atoms with van der Waals surface area (Å²) in [6.07, 6.45) is -1.69. The lowest BCUT2D eigenvalue weighted by molar-refractivity contribution is -0.0550. The van der Waals surface area contributed by atoms with Gasteiger partial charge in [-0.05, 0) is 0 Å². The first kappa shape index (κ1) is 15.6. The number of aliphatic hydroxyl groups excluding tert-OH is 3. The maximum absolute atomic E-state index is 12.0. The van der Waals surface area contributed by atoms with Crippen molar-refractivity contribution >= 4 is 5.82 Å². The summed E-state index contributed by atoms with van der Waals surface area (Å²) in [6, 6.07) is 0.